The number of hydrogen-bond acceptors (Lipinski definition) is 4. The van der Waals surface area contributed by atoms with Crippen molar-refractivity contribution in [3.63, 3.8) is 0 Å². The molecule has 160 valence electrons. The number of esters is 1. The van der Waals surface area contributed by atoms with Gasteiger partial charge in [-0.05, 0) is 42.2 Å². The molecule has 0 aromatic heterocycles. The normalized spacial score (nSPS) is 25.4. The highest BCUT2D eigenvalue weighted by molar-refractivity contribution is 7.89. The van der Waals surface area contributed by atoms with Crippen LogP contribution in [0.4, 0.5) is 13.2 Å². The number of halogens is 3. The average molecular weight is 431 g/mol. The number of rotatable bonds is 6. The van der Waals surface area contributed by atoms with Crippen molar-refractivity contribution in [3.05, 3.63) is 42.0 Å². The summed E-state index contributed by atoms with van der Waals surface area (Å²) in [6.45, 7) is 3.97. The highest BCUT2D eigenvalue weighted by atomic mass is 32.2. The quantitative estimate of drug-likeness (QED) is 0.549. The fraction of sp³-hybridized carbons (Fsp3) is 0.550. The van der Waals surface area contributed by atoms with E-state index in [1.54, 1.807) is 10.8 Å². The van der Waals surface area contributed by atoms with Crippen LogP contribution in [0.2, 0.25) is 0 Å². The summed E-state index contributed by atoms with van der Waals surface area (Å²) in [6.07, 6.45) is -2.95. The number of ether oxygens (including phenoxy) is 1. The molecule has 1 aromatic rings. The van der Waals surface area contributed by atoms with E-state index in [4.69, 9.17) is 0 Å². The second kappa shape index (κ2) is 7.12. The molecule has 3 aliphatic rings. The standard InChI is InChI=1S/C20H24F3NO4S/c1-18(2)14-10-9-13(16(18)11-14)12-19(17(25)28-3,20(21,22)23)24-29(26,27)15-7-5-4-6-8-15/h4-9,14,16,24H,10-12H2,1-3H3. The number of carbonyl (C=O) groups excluding carboxylic acids is 1. The van der Waals surface area contributed by atoms with E-state index in [2.05, 4.69) is 4.74 Å². The maximum absolute atomic E-state index is 14.3. The van der Waals surface area contributed by atoms with Crippen LogP contribution in [0.15, 0.2) is 46.9 Å². The summed E-state index contributed by atoms with van der Waals surface area (Å²) in [5.41, 5.74) is -3.15. The van der Waals surface area contributed by atoms with Gasteiger partial charge in [-0.25, -0.2) is 13.2 Å². The van der Waals surface area contributed by atoms with Crippen molar-refractivity contribution >= 4 is 16.0 Å². The number of nitrogens with one attached hydrogen (secondary N) is 1. The maximum atomic E-state index is 14.3. The van der Waals surface area contributed by atoms with E-state index in [1.807, 2.05) is 13.8 Å². The zero-order chi connectivity index (χ0) is 21.7. The van der Waals surface area contributed by atoms with Crippen LogP contribution in [0, 0.1) is 17.3 Å². The predicted octanol–water partition coefficient (Wildman–Crippen LogP) is 3.82. The predicted molar refractivity (Wildman–Crippen MR) is 100 cm³/mol. The number of fused-ring (bicyclic) bond motifs is 1. The molecule has 3 atom stereocenters. The third kappa shape index (κ3) is 3.59. The zero-order valence-corrected chi connectivity index (χ0v) is 17.2. The van der Waals surface area contributed by atoms with Crippen molar-refractivity contribution in [1.29, 1.82) is 0 Å². The van der Waals surface area contributed by atoms with Crippen molar-refractivity contribution in [2.24, 2.45) is 17.3 Å². The Hall–Kier alpha value is -1.87. The molecule has 0 heterocycles. The van der Waals surface area contributed by atoms with Crippen LogP contribution in [0.3, 0.4) is 0 Å². The fourth-order valence-electron chi connectivity index (χ4n) is 4.47. The number of hydrogen-bond donors (Lipinski definition) is 1. The molecule has 0 aliphatic heterocycles. The lowest BCUT2D eigenvalue weighted by Crippen LogP contribution is -2.65. The smallest absolute Gasteiger partial charge is 0.418 e. The third-order valence-electron chi connectivity index (χ3n) is 6.43. The number of methoxy groups -OCH3 is 1. The van der Waals surface area contributed by atoms with E-state index >= 15 is 0 Å². The van der Waals surface area contributed by atoms with Gasteiger partial charge in [-0.3, -0.25) is 0 Å². The van der Waals surface area contributed by atoms with E-state index in [9.17, 15) is 26.4 Å². The molecule has 0 spiro atoms. The molecule has 1 aromatic carbocycles. The van der Waals surface area contributed by atoms with Crippen molar-refractivity contribution in [3.8, 4) is 0 Å². The molecule has 1 saturated carbocycles. The molecule has 29 heavy (non-hydrogen) atoms. The minimum atomic E-state index is -5.20. The summed E-state index contributed by atoms with van der Waals surface area (Å²) >= 11 is 0. The van der Waals surface area contributed by atoms with Gasteiger partial charge >= 0.3 is 12.1 Å². The van der Waals surface area contributed by atoms with E-state index in [-0.39, 0.29) is 16.2 Å². The van der Waals surface area contributed by atoms with Gasteiger partial charge in [-0.1, -0.05) is 43.7 Å². The molecule has 9 heteroatoms. The molecule has 3 unspecified atom stereocenters. The largest absolute Gasteiger partial charge is 0.467 e. The Kier molecular flexibility index (Phi) is 5.36. The number of benzene rings is 1. The van der Waals surface area contributed by atoms with E-state index in [0.717, 1.165) is 13.5 Å². The van der Waals surface area contributed by atoms with Gasteiger partial charge in [0.1, 0.15) is 0 Å². The summed E-state index contributed by atoms with van der Waals surface area (Å²) in [6, 6.07) is 6.66. The van der Waals surface area contributed by atoms with Gasteiger partial charge < -0.3 is 4.74 Å². The molecule has 2 bridgehead atoms. The highest BCUT2D eigenvalue weighted by Crippen LogP contribution is 2.60. The molecular weight excluding hydrogens is 407 g/mol. The molecule has 1 fully saturated rings. The number of alkyl halides is 3. The molecule has 1 N–H and O–H groups in total. The molecule has 0 radical (unpaired) electrons. The highest BCUT2D eigenvalue weighted by Gasteiger charge is 2.65. The van der Waals surface area contributed by atoms with Crippen molar-refractivity contribution in [2.45, 2.75) is 49.7 Å². The first-order chi connectivity index (χ1) is 13.3. The molecule has 3 aliphatic carbocycles. The molecule has 4 rings (SSSR count). The first kappa shape index (κ1) is 21.8. The third-order valence-corrected chi connectivity index (χ3v) is 7.94. The SMILES string of the molecule is COC(=O)C(CC1=CCC2CC1C2(C)C)(NS(=O)(=O)c1ccccc1)C(F)(F)F. The van der Waals surface area contributed by atoms with Crippen LogP contribution in [0.5, 0.6) is 0 Å². The number of allylic oxidation sites excluding steroid dienone is 1. The minimum absolute atomic E-state index is 0.131. The second-order valence-corrected chi connectivity index (χ2v) is 9.99. The zero-order valence-electron chi connectivity index (χ0n) is 16.4. The Morgan fingerprint density at radius 2 is 1.86 bits per heavy atom. The van der Waals surface area contributed by atoms with Gasteiger partial charge in [0.15, 0.2) is 0 Å². The van der Waals surface area contributed by atoms with Crippen LogP contribution >= 0.6 is 0 Å². The van der Waals surface area contributed by atoms with Gasteiger partial charge in [-0.2, -0.15) is 17.9 Å². The maximum Gasteiger partial charge on any atom is 0.418 e. The summed E-state index contributed by atoms with van der Waals surface area (Å²) in [5.74, 6) is -1.42. The molecule has 0 amide bonds. The topological polar surface area (TPSA) is 72.5 Å². The van der Waals surface area contributed by atoms with Gasteiger partial charge in [0.25, 0.3) is 0 Å². The van der Waals surface area contributed by atoms with E-state index in [1.165, 1.54) is 30.3 Å². The average Bonchev–Trinajstić information content (AvgIpc) is 2.66. The van der Waals surface area contributed by atoms with Gasteiger partial charge in [0.2, 0.25) is 15.6 Å². The first-order valence-corrected chi connectivity index (χ1v) is 10.8. The van der Waals surface area contributed by atoms with Crippen molar-refractivity contribution in [1.82, 2.24) is 4.72 Å². The van der Waals surface area contributed by atoms with Crippen LogP contribution in [0.1, 0.15) is 33.1 Å². The van der Waals surface area contributed by atoms with Crippen molar-refractivity contribution < 1.29 is 31.1 Å². The Bertz CT molecular complexity index is 925. The minimum Gasteiger partial charge on any atom is -0.467 e. The van der Waals surface area contributed by atoms with E-state index < -0.39 is 34.1 Å². The monoisotopic (exact) mass is 431 g/mol. The van der Waals surface area contributed by atoms with Gasteiger partial charge in [0.05, 0.1) is 12.0 Å². The summed E-state index contributed by atoms with van der Waals surface area (Å²) in [4.78, 5) is 12.1. The molecule has 5 nitrogen and oxygen atoms in total. The summed E-state index contributed by atoms with van der Waals surface area (Å²) < 4.78 is 74.5. The van der Waals surface area contributed by atoms with E-state index in [0.29, 0.717) is 17.9 Å². The first-order valence-electron chi connectivity index (χ1n) is 9.28. The second-order valence-electron chi connectivity index (χ2n) is 8.31. The van der Waals surface area contributed by atoms with Crippen LogP contribution in [-0.2, 0) is 19.6 Å². The summed E-state index contributed by atoms with van der Waals surface area (Å²) in [7, 11) is -3.82. The lowest BCUT2D eigenvalue weighted by atomic mass is 9.48. The lowest BCUT2D eigenvalue weighted by Gasteiger charge is -2.57. The van der Waals surface area contributed by atoms with Crippen molar-refractivity contribution in [2.75, 3.05) is 7.11 Å². The molecular formula is C20H24F3NO4S. The molecule has 0 saturated heterocycles. The van der Waals surface area contributed by atoms with Crippen LogP contribution in [-0.4, -0.2) is 33.2 Å². The van der Waals surface area contributed by atoms with Gasteiger partial charge in [-0.15, -0.1) is 0 Å². The number of carbonyl (C=O) groups is 1. The fourth-order valence-corrected chi connectivity index (χ4v) is 5.83. The summed E-state index contributed by atoms with van der Waals surface area (Å²) in [5, 5.41) is 0. The Balaban J connectivity index is 2.05. The van der Waals surface area contributed by atoms with Gasteiger partial charge in [0, 0.05) is 6.42 Å². The number of sulfonamides is 1. The Morgan fingerprint density at radius 3 is 2.34 bits per heavy atom. The lowest BCUT2D eigenvalue weighted by molar-refractivity contribution is -0.208. The van der Waals surface area contributed by atoms with Crippen LogP contribution < -0.4 is 4.72 Å². The van der Waals surface area contributed by atoms with Crippen LogP contribution in [0.25, 0.3) is 0 Å². The Morgan fingerprint density at radius 1 is 1.24 bits per heavy atom. The Labute approximate surface area is 168 Å².